The van der Waals surface area contributed by atoms with E-state index < -0.39 is 0 Å². The van der Waals surface area contributed by atoms with E-state index in [0.717, 1.165) is 36.4 Å². The van der Waals surface area contributed by atoms with Crippen molar-refractivity contribution < 1.29 is 0 Å². The van der Waals surface area contributed by atoms with Gasteiger partial charge in [-0.3, -0.25) is 0 Å². The standard InChI is InChI=1S/C16H23N5/c1-12(2)11-19-16(17)18-9-6-10-21-13(3)20-14-7-4-5-8-15(14)21/h4-5,7-8H,1,6,9-11H2,2-3H3,(H3,17,18,19). The van der Waals surface area contributed by atoms with E-state index in [-0.39, 0.29) is 0 Å². The van der Waals surface area contributed by atoms with Crippen LogP contribution in [0.25, 0.3) is 11.0 Å². The van der Waals surface area contributed by atoms with Crippen LogP contribution in [0.1, 0.15) is 19.2 Å². The molecule has 0 radical (unpaired) electrons. The van der Waals surface area contributed by atoms with Crippen molar-refractivity contribution in [3.8, 4) is 0 Å². The van der Waals surface area contributed by atoms with Crippen LogP contribution in [0.5, 0.6) is 0 Å². The Hall–Kier alpha value is -2.30. The molecule has 2 rings (SSSR count). The number of hydrogen-bond acceptors (Lipinski definition) is 2. The smallest absolute Gasteiger partial charge is 0.188 e. The quantitative estimate of drug-likeness (QED) is 0.370. The Labute approximate surface area is 125 Å². The summed E-state index contributed by atoms with van der Waals surface area (Å²) in [5.74, 6) is 1.52. The van der Waals surface area contributed by atoms with Crippen LogP contribution in [0.15, 0.2) is 41.4 Å². The highest BCUT2D eigenvalue weighted by Crippen LogP contribution is 2.15. The number of benzene rings is 1. The van der Waals surface area contributed by atoms with Crippen molar-refractivity contribution in [3.05, 3.63) is 42.2 Å². The maximum Gasteiger partial charge on any atom is 0.188 e. The summed E-state index contributed by atoms with van der Waals surface area (Å²) in [5.41, 5.74) is 9.01. The number of nitrogens with two attached hydrogens (primary N) is 1. The number of para-hydroxylation sites is 2. The van der Waals surface area contributed by atoms with Gasteiger partial charge in [-0.1, -0.05) is 24.3 Å². The zero-order valence-corrected chi connectivity index (χ0v) is 12.8. The topological polar surface area (TPSA) is 68.2 Å². The predicted molar refractivity (Wildman–Crippen MR) is 88.4 cm³/mol. The third kappa shape index (κ3) is 4.08. The summed E-state index contributed by atoms with van der Waals surface area (Å²) in [5, 5.41) is 3.12. The fourth-order valence-corrected chi connectivity index (χ4v) is 2.21. The molecule has 3 N–H and O–H groups in total. The summed E-state index contributed by atoms with van der Waals surface area (Å²) in [6.45, 7) is 10.0. The van der Waals surface area contributed by atoms with Crippen LogP contribution >= 0.6 is 0 Å². The molecule has 2 aromatic rings. The second-order valence-corrected chi connectivity index (χ2v) is 5.24. The van der Waals surface area contributed by atoms with Gasteiger partial charge in [0.15, 0.2) is 5.96 Å². The minimum absolute atomic E-state index is 0.477. The second-order valence-electron chi connectivity index (χ2n) is 5.24. The number of nitrogens with one attached hydrogen (secondary N) is 1. The Morgan fingerprint density at radius 1 is 1.43 bits per heavy atom. The molecule has 0 aliphatic carbocycles. The molecule has 0 amide bonds. The molecule has 21 heavy (non-hydrogen) atoms. The fraction of sp³-hybridized carbons (Fsp3) is 0.375. The third-order valence-corrected chi connectivity index (χ3v) is 3.23. The van der Waals surface area contributed by atoms with Crippen LogP contribution < -0.4 is 11.1 Å². The van der Waals surface area contributed by atoms with Crippen LogP contribution in [0.3, 0.4) is 0 Å². The molecular weight excluding hydrogens is 262 g/mol. The lowest BCUT2D eigenvalue weighted by atomic mass is 10.3. The van der Waals surface area contributed by atoms with Gasteiger partial charge >= 0.3 is 0 Å². The molecule has 5 nitrogen and oxygen atoms in total. The number of aryl methyl sites for hydroxylation is 2. The van der Waals surface area contributed by atoms with E-state index in [4.69, 9.17) is 5.73 Å². The number of rotatable bonds is 6. The lowest BCUT2D eigenvalue weighted by molar-refractivity contribution is 0.628. The first kappa shape index (κ1) is 15.1. The van der Waals surface area contributed by atoms with Gasteiger partial charge in [-0.2, -0.15) is 0 Å². The monoisotopic (exact) mass is 285 g/mol. The summed E-state index contributed by atoms with van der Waals surface area (Å²) in [7, 11) is 0. The fourth-order valence-electron chi connectivity index (χ4n) is 2.21. The number of nitrogens with zero attached hydrogens (tertiary/aromatic N) is 3. The number of guanidine groups is 1. The van der Waals surface area contributed by atoms with Gasteiger partial charge in [-0.15, -0.1) is 0 Å². The first-order valence-electron chi connectivity index (χ1n) is 7.18. The van der Waals surface area contributed by atoms with Crippen LogP contribution in [0.2, 0.25) is 0 Å². The van der Waals surface area contributed by atoms with Crippen molar-refractivity contribution in [2.75, 3.05) is 13.1 Å². The molecule has 0 saturated carbocycles. The Morgan fingerprint density at radius 2 is 2.19 bits per heavy atom. The number of aliphatic imine (C=N–C) groups is 1. The Kier molecular flexibility index (Phi) is 4.98. The summed E-state index contributed by atoms with van der Waals surface area (Å²) >= 11 is 0. The van der Waals surface area contributed by atoms with E-state index >= 15 is 0 Å². The number of hydrogen-bond donors (Lipinski definition) is 2. The van der Waals surface area contributed by atoms with Crippen LogP contribution in [0, 0.1) is 6.92 Å². The molecule has 0 unspecified atom stereocenters. The lowest BCUT2D eigenvalue weighted by Gasteiger charge is -2.08. The average molecular weight is 285 g/mol. The van der Waals surface area contributed by atoms with Gasteiger partial charge < -0.3 is 15.6 Å². The van der Waals surface area contributed by atoms with Gasteiger partial charge in [0.25, 0.3) is 0 Å². The van der Waals surface area contributed by atoms with Crippen molar-refractivity contribution in [1.29, 1.82) is 0 Å². The molecule has 0 fully saturated rings. The number of fused-ring (bicyclic) bond motifs is 1. The van der Waals surface area contributed by atoms with E-state index in [1.807, 2.05) is 32.0 Å². The average Bonchev–Trinajstić information content (AvgIpc) is 2.77. The van der Waals surface area contributed by atoms with Crippen LogP contribution in [0.4, 0.5) is 0 Å². The van der Waals surface area contributed by atoms with Crippen LogP contribution in [-0.2, 0) is 6.54 Å². The largest absolute Gasteiger partial charge is 0.370 e. The van der Waals surface area contributed by atoms with Gasteiger partial charge in [-0.25, -0.2) is 9.98 Å². The van der Waals surface area contributed by atoms with Crippen molar-refractivity contribution >= 4 is 17.0 Å². The molecule has 1 aromatic heterocycles. The van der Waals surface area contributed by atoms with E-state index in [2.05, 4.69) is 32.5 Å². The highest BCUT2D eigenvalue weighted by Gasteiger charge is 2.05. The minimum atomic E-state index is 0.477. The van der Waals surface area contributed by atoms with Crippen molar-refractivity contribution in [3.63, 3.8) is 0 Å². The third-order valence-electron chi connectivity index (χ3n) is 3.23. The number of imidazole rings is 1. The summed E-state index contributed by atoms with van der Waals surface area (Å²) in [6.07, 6.45) is 0.963. The lowest BCUT2D eigenvalue weighted by Crippen LogP contribution is -2.33. The molecule has 0 aliphatic rings. The second kappa shape index (κ2) is 6.92. The predicted octanol–water partition coefficient (Wildman–Crippen LogP) is 2.22. The first-order valence-corrected chi connectivity index (χ1v) is 7.18. The summed E-state index contributed by atoms with van der Waals surface area (Å²) < 4.78 is 2.23. The number of aromatic nitrogens is 2. The molecule has 5 heteroatoms. The Bertz CT molecular complexity index is 654. The van der Waals surface area contributed by atoms with Gasteiger partial charge in [0.1, 0.15) is 5.82 Å². The first-order chi connectivity index (χ1) is 10.1. The zero-order valence-electron chi connectivity index (χ0n) is 12.8. The normalized spacial score (nSPS) is 11.8. The van der Waals surface area contributed by atoms with Gasteiger partial charge in [0, 0.05) is 13.1 Å². The molecule has 0 aliphatic heterocycles. The highest BCUT2D eigenvalue weighted by molar-refractivity contribution is 5.78. The summed E-state index contributed by atoms with van der Waals surface area (Å²) in [4.78, 5) is 8.75. The summed E-state index contributed by atoms with van der Waals surface area (Å²) in [6, 6.07) is 8.20. The maximum absolute atomic E-state index is 5.78. The van der Waals surface area contributed by atoms with E-state index in [0.29, 0.717) is 12.5 Å². The van der Waals surface area contributed by atoms with E-state index in [1.165, 1.54) is 5.52 Å². The van der Waals surface area contributed by atoms with E-state index in [9.17, 15) is 0 Å². The molecule has 0 bridgehead atoms. The minimum Gasteiger partial charge on any atom is -0.370 e. The molecule has 0 saturated heterocycles. The molecule has 1 heterocycles. The Balaban J connectivity index is 1.87. The van der Waals surface area contributed by atoms with Gasteiger partial charge in [0.05, 0.1) is 17.6 Å². The van der Waals surface area contributed by atoms with Gasteiger partial charge in [-0.05, 0) is 32.4 Å². The van der Waals surface area contributed by atoms with Crippen molar-refractivity contribution in [2.45, 2.75) is 26.8 Å². The molecular formula is C16H23N5. The van der Waals surface area contributed by atoms with E-state index in [1.54, 1.807) is 0 Å². The molecule has 112 valence electrons. The SMILES string of the molecule is C=C(C)CN=C(N)NCCCn1c(C)nc2ccccc21. The van der Waals surface area contributed by atoms with Crippen LogP contribution in [-0.4, -0.2) is 28.6 Å². The zero-order chi connectivity index (χ0) is 15.2. The van der Waals surface area contributed by atoms with Gasteiger partial charge in [0.2, 0.25) is 0 Å². The molecule has 0 atom stereocenters. The maximum atomic E-state index is 5.78. The molecule has 1 aromatic carbocycles. The van der Waals surface area contributed by atoms with Crippen molar-refractivity contribution in [2.24, 2.45) is 10.7 Å². The Morgan fingerprint density at radius 3 is 2.95 bits per heavy atom. The highest BCUT2D eigenvalue weighted by atomic mass is 15.1. The molecule has 0 spiro atoms. The van der Waals surface area contributed by atoms with Crippen molar-refractivity contribution in [1.82, 2.24) is 14.9 Å².